The normalized spacial score (nSPS) is 14.5. The molecule has 0 radical (unpaired) electrons. The van der Waals surface area contributed by atoms with Crippen molar-refractivity contribution >= 4 is 38.9 Å². The van der Waals surface area contributed by atoms with Crippen LogP contribution in [0.5, 0.6) is 0 Å². The molecule has 37 heavy (non-hydrogen) atoms. The summed E-state index contributed by atoms with van der Waals surface area (Å²) in [6.45, 7) is 0.988. The number of alkyl halides is 3. The fraction of sp³-hybridized carbons (Fsp3) is 0.240. The van der Waals surface area contributed by atoms with E-state index < -0.39 is 33.5 Å². The number of piperazine rings is 1. The maximum Gasteiger partial charge on any atom is 0.416 e. The lowest BCUT2D eigenvalue weighted by Gasteiger charge is -2.36. The lowest BCUT2D eigenvalue weighted by Crippen LogP contribution is -2.49. The molecule has 1 amide bonds. The van der Waals surface area contributed by atoms with E-state index >= 15 is 0 Å². The molecule has 0 aliphatic carbocycles. The molecule has 12 heteroatoms. The van der Waals surface area contributed by atoms with Gasteiger partial charge in [-0.25, -0.2) is 12.8 Å². The van der Waals surface area contributed by atoms with Gasteiger partial charge in [-0.3, -0.25) is 9.10 Å². The Morgan fingerprint density at radius 3 is 2.22 bits per heavy atom. The zero-order valence-corrected chi connectivity index (χ0v) is 21.1. The highest BCUT2D eigenvalue weighted by atomic mass is 35.5. The number of carbonyl (C=O) groups is 1. The van der Waals surface area contributed by atoms with Crippen molar-refractivity contribution in [2.75, 3.05) is 42.4 Å². The molecule has 6 nitrogen and oxygen atoms in total. The van der Waals surface area contributed by atoms with Crippen LogP contribution in [0.1, 0.15) is 15.9 Å². The first-order valence-electron chi connectivity index (χ1n) is 11.1. The minimum absolute atomic E-state index is 0.0113. The van der Waals surface area contributed by atoms with Crippen molar-refractivity contribution in [1.82, 2.24) is 4.90 Å². The zero-order chi connectivity index (χ0) is 27.0. The number of halogens is 5. The van der Waals surface area contributed by atoms with Crippen LogP contribution in [-0.2, 0) is 16.2 Å². The van der Waals surface area contributed by atoms with Crippen LogP contribution < -0.4 is 9.21 Å². The van der Waals surface area contributed by atoms with E-state index in [9.17, 15) is 30.8 Å². The first-order valence-corrected chi connectivity index (χ1v) is 13.0. The van der Waals surface area contributed by atoms with Crippen LogP contribution in [-0.4, -0.2) is 52.5 Å². The molecular formula is C25H22ClF4N3O3S. The summed E-state index contributed by atoms with van der Waals surface area (Å²) in [6.07, 6.45) is -4.46. The number of benzene rings is 3. The molecule has 0 unspecified atom stereocenters. The molecule has 1 saturated heterocycles. The van der Waals surface area contributed by atoms with Gasteiger partial charge < -0.3 is 9.80 Å². The SMILES string of the molecule is CN(c1ccc(F)cc1)S(=O)(=O)c1ccc(Cl)c(C(=O)N2CCN(c3cccc(C(F)(F)F)c3)CC2)c1. The maximum absolute atomic E-state index is 13.2. The number of hydrogen-bond donors (Lipinski definition) is 0. The summed E-state index contributed by atoms with van der Waals surface area (Å²) < 4.78 is 79.7. The molecule has 0 atom stereocenters. The number of sulfonamides is 1. The van der Waals surface area contributed by atoms with Crippen molar-refractivity contribution in [2.45, 2.75) is 11.1 Å². The molecule has 196 valence electrons. The third-order valence-electron chi connectivity index (χ3n) is 6.12. The molecule has 0 N–H and O–H groups in total. The van der Waals surface area contributed by atoms with E-state index in [1.54, 1.807) is 11.0 Å². The van der Waals surface area contributed by atoms with Gasteiger partial charge in [0, 0.05) is 38.9 Å². The smallest absolute Gasteiger partial charge is 0.368 e. The van der Waals surface area contributed by atoms with Crippen LogP contribution in [0.15, 0.2) is 71.6 Å². The van der Waals surface area contributed by atoms with Crippen LogP contribution in [0, 0.1) is 5.82 Å². The van der Waals surface area contributed by atoms with Crippen LogP contribution >= 0.6 is 11.6 Å². The van der Waals surface area contributed by atoms with E-state index in [1.807, 2.05) is 0 Å². The van der Waals surface area contributed by atoms with Gasteiger partial charge in [0.05, 0.1) is 26.7 Å². The number of hydrogen-bond acceptors (Lipinski definition) is 4. The van der Waals surface area contributed by atoms with Gasteiger partial charge in [-0.05, 0) is 60.7 Å². The molecule has 1 aliphatic rings. The summed E-state index contributed by atoms with van der Waals surface area (Å²) in [5.41, 5.74) is -0.131. The summed E-state index contributed by atoms with van der Waals surface area (Å²) in [5, 5.41) is 0.0636. The minimum Gasteiger partial charge on any atom is -0.368 e. The van der Waals surface area contributed by atoms with Gasteiger partial charge in [0.15, 0.2) is 0 Å². The van der Waals surface area contributed by atoms with Crippen molar-refractivity contribution in [3.05, 3.63) is 88.7 Å². The van der Waals surface area contributed by atoms with Gasteiger partial charge in [0.1, 0.15) is 5.82 Å². The predicted molar refractivity (Wildman–Crippen MR) is 133 cm³/mol. The van der Waals surface area contributed by atoms with Crippen molar-refractivity contribution in [3.63, 3.8) is 0 Å². The second kappa shape index (κ2) is 10.2. The second-order valence-corrected chi connectivity index (χ2v) is 10.8. The third-order valence-corrected chi connectivity index (χ3v) is 8.23. The Morgan fingerprint density at radius 2 is 1.59 bits per heavy atom. The van der Waals surface area contributed by atoms with Crippen LogP contribution in [0.4, 0.5) is 28.9 Å². The van der Waals surface area contributed by atoms with Gasteiger partial charge in [-0.2, -0.15) is 13.2 Å². The molecule has 1 aliphatic heterocycles. The minimum atomic E-state index is -4.46. The molecule has 0 spiro atoms. The van der Waals surface area contributed by atoms with E-state index in [-0.39, 0.29) is 47.3 Å². The summed E-state index contributed by atoms with van der Waals surface area (Å²) in [6, 6.07) is 13.7. The molecule has 0 bridgehead atoms. The standard InChI is InChI=1S/C25H22ClF4N3O3S/c1-31(19-7-5-18(27)6-8-19)37(35,36)21-9-10-23(26)22(16-21)24(34)33-13-11-32(12-14-33)20-4-2-3-17(15-20)25(28,29)30/h2-10,15-16H,11-14H2,1H3. The van der Waals surface area contributed by atoms with Crippen molar-refractivity contribution in [3.8, 4) is 0 Å². The van der Waals surface area contributed by atoms with Gasteiger partial charge in [-0.15, -0.1) is 0 Å². The lowest BCUT2D eigenvalue weighted by molar-refractivity contribution is -0.137. The van der Waals surface area contributed by atoms with Crippen LogP contribution in [0.2, 0.25) is 5.02 Å². The highest BCUT2D eigenvalue weighted by Gasteiger charge is 2.32. The van der Waals surface area contributed by atoms with Gasteiger partial charge in [0.2, 0.25) is 0 Å². The maximum atomic E-state index is 13.2. The number of rotatable bonds is 5. The topological polar surface area (TPSA) is 60.9 Å². The number of nitrogens with zero attached hydrogens (tertiary/aromatic N) is 3. The Labute approximate surface area is 216 Å². The highest BCUT2D eigenvalue weighted by molar-refractivity contribution is 7.92. The summed E-state index contributed by atoms with van der Waals surface area (Å²) in [7, 11) is -2.78. The Kier molecular flexibility index (Phi) is 7.38. The molecule has 1 heterocycles. The Morgan fingerprint density at radius 1 is 0.946 bits per heavy atom. The Hall–Kier alpha value is -3.31. The number of anilines is 2. The monoisotopic (exact) mass is 555 g/mol. The largest absolute Gasteiger partial charge is 0.416 e. The molecule has 1 fully saturated rings. The average molecular weight is 556 g/mol. The van der Waals surface area contributed by atoms with Gasteiger partial charge >= 0.3 is 6.18 Å². The Balaban J connectivity index is 1.51. The van der Waals surface area contributed by atoms with Crippen LogP contribution in [0.25, 0.3) is 0 Å². The van der Waals surface area contributed by atoms with E-state index in [1.165, 1.54) is 48.3 Å². The molecule has 3 aromatic rings. The fourth-order valence-corrected chi connectivity index (χ4v) is 5.41. The fourth-order valence-electron chi connectivity index (χ4n) is 3.99. The van der Waals surface area contributed by atoms with Gasteiger partial charge in [0.25, 0.3) is 15.9 Å². The number of carbonyl (C=O) groups excluding carboxylic acids is 1. The van der Waals surface area contributed by atoms with Crippen molar-refractivity contribution in [1.29, 1.82) is 0 Å². The lowest BCUT2D eigenvalue weighted by atomic mass is 10.1. The van der Waals surface area contributed by atoms with Crippen LogP contribution in [0.3, 0.4) is 0 Å². The summed E-state index contributed by atoms with van der Waals surface area (Å²) in [4.78, 5) is 16.3. The van der Waals surface area contributed by atoms with E-state index in [2.05, 4.69) is 0 Å². The van der Waals surface area contributed by atoms with E-state index in [4.69, 9.17) is 11.6 Å². The summed E-state index contributed by atoms with van der Waals surface area (Å²) >= 11 is 6.24. The molecule has 0 saturated carbocycles. The predicted octanol–water partition coefficient (Wildman–Crippen LogP) is 5.29. The van der Waals surface area contributed by atoms with E-state index in [0.29, 0.717) is 5.69 Å². The number of amides is 1. The Bertz CT molecular complexity index is 1410. The first kappa shape index (κ1) is 26.7. The summed E-state index contributed by atoms with van der Waals surface area (Å²) in [5.74, 6) is -1.00. The van der Waals surface area contributed by atoms with E-state index in [0.717, 1.165) is 28.6 Å². The quantitative estimate of drug-likeness (QED) is 0.402. The first-order chi connectivity index (χ1) is 17.4. The molecule has 4 rings (SSSR count). The highest BCUT2D eigenvalue weighted by Crippen LogP contribution is 2.32. The second-order valence-electron chi connectivity index (χ2n) is 8.42. The van der Waals surface area contributed by atoms with Crippen molar-refractivity contribution in [2.24, 2.45) is 0 Å². The zero-order valence-electron chi connectivity index (χ0n) is 19.5. The third kappa shape index (κ3) is 5.67. The van der Waals surface area contributed by atoms with Crippen molar-refractivity contribution < 1.29 is 30.8 Å². The van der Waals surface area contributed by atoms with Gasteiger partial charge in [-0.1, -0.05) is 17.7 Å². The molecular weight excluding hydrogens is 534 g/mol. The molecule has 0 aromatic heterocycles. The average Bonchev–Trinajstić information content (AvgIpc) is 2.88. The molecule has 3 aromatic carbocycles.